The Morgan fingerprint density at radius 1 is 1.10 bits per heavy atom. The number of nitrogens with zero attached hydrogens (tertiary/aromatic N) is 1. The molecule has 1 saturated carbocycles. The molecular weight excluding hydrogens is 450 g/mol. The lowest BCUT2D eigenvalue weighted by atomic mass is 9.85. The van der Waals surface area contributed by atoms with Crippen LogP contribution >= 0.6 is 23.2 Å². The maximum atomic E-state index is 12.8. The number of carbonyl (C=O) groups is 1. The minimum absolute atomic E-state index is 0.0436. The summed E-state index contributed by atoms with van der Waals surface area (Å²) in [4.78, 5) is 20.3. The fraction of sp³-hybridized carbons (Fsp3) is 0.364. The average molecular weight is 470 g/mol. The minimum atomic E-state index is -4.16. The Morgan fingerprint density at radius 3 is 2.42 bits per heavy atom. The summed E-state index contributed by atoms with van der Waals surface area (Å²) in [7, 11) is 0. The molecule has 0 unspecified atom stereocenters. The van der Waals surface area contributed by atoms with Gasteiger partial charge in [0.05, 0.1) is 17.0 Å². The van der Waals surface area contributed by atoms with Crippen molar-refractivity contribution in [1.29, 1.82) is 0 Å². The van der Waals surface area contributed by atoms with Crippen LogP contribution in [0.3, 0.4) is 0 Å². The van der Waals surface area contributed by atoms with Crippen LogP contribution in [-0.2, 0) is 6.42 Å². The molecule has 1 fully saturated rings. The number of fused-ring (bicyclic) bond motifs is 1. The number of amides is 1. The summed E-state index contributed by atoms with van der Waals surface area (Å²) < 4.78 is 38.4. The second-order valence-electron chi connectivity index (χ2n) is 7.86. The van der Waals surface area contributed by atoms with Gasteiger partial charge in [0, 0.05) is 28.1 Å². The molecule has 1 aromatic heterocycles. The molecule has 0 aliphatic heterocycles. The lowest BCUT2D eigenvalue weighted by molar-refractivity contribution is -0.182. The zero-order valence-corrected chi connectivity index (χ0v) is 17.9. The molecule has 2 aromatic carbocycles. The molecule has 0 atom stereocenters. The van der Waals surface area contributed by atoms with Gasteiger partial charge in [-0.25, -0.2) is 4.98 Å². The molecule has 1 amide bonds. The second-order valence-corrected chi connectivity index (χ2v) is 8.67. The molecule has 1 aliphatic rings. The van der Waals surface area contributed by atoms with E-state index in [0.717, 1.165) is 5.56 Å². The standard InChI is InChI=1S/C22H20Cl2F3N3O/c23-16-2-1-3-17(24)15(16)11-20-29-18-9-4-12(10-19(18)30-20)21(31)28-14-7-5-13(6-8-14)22(25,26)27/h1-4,9-10,13-14H,5-8,11H2,(H,28,31)(H,29,30). The first-order valence-electron chi connectivity index (χ1n) is 10.00. The molecule has 0 spiro atoms. The Labute approximate surface area is 187 Å². The Bertz CT molecular complexity index is 1080. The van der Waals surface area contributed by atoms with E-state index in [1.807, 2.05) is 0 Å². The molecule has 0 bridgehead atoms. The summed E-state index contributed by atoms with van der Waals surface area (Å²) in [6.07, 6.45) is -3.01. The Morgan fingerprint density at radius 2 is 1.77 bits per heavy atom. The number of hydrogen-bond acceptors (Lipinski definition) is 2. The van der Waals surface area contributed by atoms with Crippen molar-refractivity contribution in [2.45, 2.75) is 44.3 Å². The third-order valence-electron chi connectivity index (χ3n) is 5.72. The number of aromatic nitrogens is 2. The smallest absolute Gasteiger partial charge is 0.349 e. The van der Waals surface area contributed by atoms with Crippen molar-refractivity contribution in [3.05, 3.63) is 63.4 Å². The van der Waals surface area contributed by atoms with Gasteiger partial charge in [-0.1, -0.05) is 29.3 Å². The van der Waals surface area contributed by atoms with Crippen LogP contribution in [-0.4, -0.2) is 28.1 Å². The summed E-state index contributed by atoms with van der Waals surface area (Å²) in [5, 5.41) is 3.96. The fourth-order valence-electron chi connectivity index (χ4n) is 3.99. The number of alkyl halides is 3. The highest BCUT2D eigenvalue weighted by Gasteiger charge is 2.41. The predicted molar refractivity (Wildman–Crippen MR) is 115 cm³/mol. The van der Waals surface area contributed by atoms with E-state index in [1.54, 1.807) is 36.4 Å². The Balaban J connectivity index is 1.44. The van der Waals surface area contributed by atoms with Crippen molar-refractivity contribution in [1.82, 2.24) is 15.3 Å². The zero-order valence-electron chi connectivity index (χ0n) is 16.4. The van der Waals surface area contributed by atoms with Gasteiger partial charge >= 0.3 is 6.18 Å². The number of carbonyl (C=O) groups excluding carboxylic acids is 1. The number of imidazole rings is 1. The number of rotatable bonds is 4. The second kappa shape index (κ2) is 8.71. The summed E-state index contributed by atoms with van der Waals surface area (Å²) in [6, 6.07) is 10.1. The monoisotopic (exact) mass is 469 g/mol. The van der Waals surface area contributed by atoms with Crippen LogP contribution in [0.15, 0.2) is 36.4 Å². The molecule has 164 valence electrons. The third-order valence-corrected chi connectivity index (χ3v) is 6.43. The Hall–Kier alpha value is -2.25. The number of H-pyrrole nitrogens is 1. The largest absolute Gasteiger partial charge is 0.391 e. The lowest BCUT2D eigenvalue weighted by Gasteiger charge is -2.30. The van der Waals surface area contributed by atoms with Gasteiger partial charge in [0.1, 0.15) is 5.82 Å². The van der Waals surface area contributed by atoms with E-state index < -0.39 is 12.1 Å². The number of nitrogens with one attached hydrogen (secondary N) is 2. The van der Waals surface area contributed by atoms with E-state index in [4.69, 9.17) is 23.2 Å². The summed E-state index contributed by atoms with van der Waals surface area (Å²) in [5.74, 6) is -0.914. The van der Waals surface area contributed by atoms with E-state index in [0.29, 0.717) is 51.7 Å². The fourth-order valence-corrected chi connectivity index (χ4v) is 4.52. The van der Waals surface area contributed by atoms with Gasteiger partial charge in [-0.05, 0) is 61.6 Å². The van der Waals surface area contributed by atoms with Gasteiger partial charge in [0.25, 0.3) is 5.91 Å². The van der Waals surface area contributed by atoms with Gasteiger partial charge < -0.3 is 10.3 Å². The zero-order chi connectivity index (χ0) is 22.2. The highest BCUT2D eigenvalue weighted by atomic mass is 35.5. The molecule has 9 heteroatoms. The van der Waals surface area contributed by atoms with Gasteiger partial charge in [-0.2, -0.15) is 13.2 Å². The van der Waals surface area contributed by atoms with E-state index in [-0.39, 0.29) is 24.8 Å². The molecule has 31 heavy (non-hydrogen) atoms. The molecular formula is C22H20Cl2F3N3O. The lowest BCUT2D eigenvalue weighted by Crippen LogP contribution is -2.40. The maximum Gasteiger partial charge on any atom is 0.391 e. The average Bonchev–Trinajstić information content (AvgIpc) is 3.12. The van der Waals surface area contributed by atoms with Crippen LogP contribution in [0.1, 0.15) is 47.4 Å². The summed E-state index contributed by atoms with van der Waals surface area (Å²) >= 11 is 12.5. The molecule has 4 nitrogen and oxygen atoms in total. The number of hydrogen-bond donors (Lipinski definition) is 2. The van der Waals surface area contributed by atoms with Crippen LogP contribution in [0.2, 0.25) is 10.0 Å². The van der Waals surface area contributed by atoms with Crippen molar-refractivity contribution in [2.24, 2.45) is 5.92 Å². The van der Waals surface area contributed by atoms with Gasteiger partial charge in [0.2, 0.25) is 0 Å². The predicted octanol–water partition coefficient (Wildman–Crippen LogP) is 6.31. The number of aromatic amines is 1. The highest BCUT2D eigenvalue weighted by molar-refractivity contribution is 6.36. The summed E-state index contributed by atoms with van der Waals surface area (Å²) in [5.41, 5.74) is 2.57. The van der Waals surface area contributed by atoms with Crippen molar-refractivity contribution >= 4 is 40.1 Å². The maximum absolute atomic E-state index is 12.8. The van der Waals surface area contributed by atoms with Crippen LogP contribution in [0.4, 0.5) is 13.2 Å². The van der Waals surface area contributed by atoms with Crippen LogP contribution in [0.25, 0.3) is 11.0 Å². The molecule has 0 radical (unpaired) electrons. The van der Waals surface area contributed by atoms with Gasteiger partial charge in [0.15, 0.2) is 0 Å². The first-order valence-corrected chi connectivity index (χ1v) is 10.8. The van der Waals surface area contributed by atoms with E-state index in [1.165, 1.54) is 0 Å². The van der Waals surface area contributed by atoms with E-state index in [2.05, 4.69) is 15.3 Å². The molecule has 0 saturated heterocycles. The van der Waals surface area contributed by atoms with Gasteiger partial charge in [-0.15, -0.1) is 0 Å². The quantitative estimate of drug-likeness (QED) is 0.470. The van der Waals surface area contributed by atoms with E-state index in [9.17, 15) is 18.0 Å². The molecule has 1 heterocycles. The van der Waals surface area contributed by atoms with Crippen LogP contribution in [0, 0.1) is 5.92 Å². The molecule has 1 aliphatic carbocycles. The van der Waals surface area contributed by atoms with Crippen LogP contribution in [0.5, 0.6) is 0 Å². The van der Waals surface area contributed by atoms with E-state index >= 15 is 0 Å². The minimum Gasteiger partial charge on any atom is -0.349 e. The number of benzene rings is 2. The first kappa shape index (κ1) is 22.0. The van der Waals surface area contributed by atoms with Crippen molar-refractivity contribution in [3.8, 4) is 0 Å². The third kappa shape index (κ3) is 4.99. The number of halogens is 5. The normalized spacial score (nSPS) is 19.5. The topological polar surface area (TPSA) is 57.8 Å². The SMILES string of the molecule is O=C(NC1CCC(C(F)(F)F)CC1)c1ccc2nc(Cc3c(Cl)cccc3Cl)[nH]c2c1. The van der Waals surface area contributed by atoms with Crippen molar-refractivity contribution in [2.75, 3.05) is 0 Å². The van der Waals surface area contributed by atoms with Crippen molar-refractivity contribution in [3.63, 3.8) is 0 Å². The Kier molecular flexibility index (Phi) is 6.17. The molecule has 3 aromatic rings. The van der Waals surface area contributed by atoms with Gasteiger partial charge in [-0.3, -0.25) is 4.79 Å². The van der Waals surface area contributed by atoms with Crippen molar-refractivity contribution < 1.29 is 18.0 Å². The molecule has 2 N–H and O–H groups in total. The summed E-state index contributed by atoms with van der Waals surface area (Å²) in [6.45, 7) is 0. The molecule has 4 rings (SSSR count). The highest BCUT2D eigenvalue weighted by Crippen LogP contribution is 2.37. The van der Waals surface area contributed by atoms with Crippen LogP contribution < -0.4 is 5.32 Å². The first-order chi connectivity index (χ1) is 14.7.